The fourth-order valence-corrected chi connectivity index (χ4v) is 3.83. The maximum Gasteiger partial charge on any atom is 0.409 e. The number of aromatic nitrogens is 2. The molecule has 0 N–H and O–H groups in total. The molecule has 6 nitrogen and oxygen atoms in total. The van der Waals surface area contributed by atoms with Crippen molar-refractivity contribution in [3.63, 3.8) is 0 Å². The van der Waals surface area contributed by atoms with Gasteiger partial charge < -0.3 is 9.64 Å². The molecular formula is C17H20ClN3O3S. The second-order valence-corrected chi connectivity index (χ2v) is 7.81. The van der Waals surface area contributed by atoms with E-state index in [4.69, 9.17) is 16.3 Å². The smallest absolute Gasteiger partial charge is 0.409 e. The molecule has 1 aliphatic heterocycles. The quantitative estimate of drug-likeness (QED) is 0.567. The van der Waals surface area contributed by atoms with Crippen molar-refractivity contribution >= 4 is 40.4 Å². The molecule has 0 unspecified atom stereocenters. The van der Waals surface area contributed by atoms with Gasteiger partial charge in [0.2, 0.25) is 0 Å². The summed E-state index contributed by atoms with van der Waals surface area (Å²) in [5, 5.41) is 1.72. The van der Waals surface area contributed by atoms with E-state index in [1.807, 2.05) is 0 Å². The molecule has 25 heavy (non-hydrogen) atoms. The predicted molar refractivity (Wildman–Crippen MR) is 99.5 cm³/mol. The number of rotatable bonds is 6. The molecule has 1 aromatic carbocycles. The molecule has 0 atom stereocenters. The number of hydrogen-bond acceptors (Lipinski definition) is 5. The van der Waals surface area contributed by atoms with Crippen molar-refractivity contribution in [2.45, 2.75) is 25.5 Å². The van der Waals surface area contributed by atoms with Crippen LogP contribution in [-0.2, 0) is 11.3 Å². The van der Waals surface area contributed by atoms with Crippen molar-refractivity contribution in [1.82, 2.24) is 14.5 Å². The number of thioether (sulfide) groups is 1. The van der Waals surface area contributed by atoms with E-state index >= 15 is 0 Å². The van der Waals surface area contributed by atoms with Crippen molar-refractivity contribution in [2.75, 3.05) is 25.4 Å². The number of carbonyl (C=O) groups excluding carboxylic acids is 1. The van der Waals surface area contributed by atoms with E-state index < -0.39 is 0 Å². The normalized spacial score (nSPS) is 14.6. The number of benzene rings is 1. The summed E-state index contributed by atoms with van der Waals surface area (Å²) in [6.45, 7) is 6.33. The third-order valence-electron chi connectivity index (χ3n) is 3.87. The van der Waals surface area contributed by atoms with Gasteiger partial charge in [0.15, 0.2) is 5.16 Å². The summed E-state index contributed by atoms with van der Waals surface area (Å²) in [7, 11) is 0. The highest BCUT2D eigenvalue weighted by molar-refractivity contribution is 7.99. The highest BCUT2D eigenvalue weighted by Gasteiger charge is 2.21. The first-order valence-electron chi connectivity index (χ1n) is 8.20. The minimum absolute atomic E-state index is 0.0794. The molecule has 3 rings (SSSR count). The zero-order chi connectivity index (χ0) is 18.0. The summed E-state index contributed by atoms with van der Waals surface area (Å²) in [6.07, 6.45) is -0.277. The van der Waals surface area contributed by atoms with Gasteiger partial charge in [0, 0.05) is 23.9 Å². The minimum Gasteiger partial charge on any atom is -0.448 e. The molecule has 0 radical (unpaired) electrons. The molecule has 0 aliphatic carbocycles. The maximum atomic E-state index is 12.9. The Morgan fingerprint density at radius 3 is 2.84 bits per heavy atom. The van der Waals surface area contributed by atoms with E-state index in [0.29, 0.717) is 59.0 Å². The average molecular weight is 382 g/mol. The number of hydrogen-bond donors (Lipinski definition) is 0. The lowest BCUT2D eigenvalue weighted by atomic mass is 10.2. The van der Waals surface area contributed by atoms with Gasteiger partial charge in [0.05, 0.1) is 17.4 Å². The predicted octanol–water partition coefficient (Wildman–Crippen LogP) is 3.25. The van der Waals surface area contributed by atoms with Gasteiger partial charge in [-0.15, -0.1) is 0 Å². The Morgan fingerprint density at radius 1 is 1.36 bits per heavy atom. The van der Waals surface area contributed by atoms with Gasteiger partial charge in [0.1, 0.15) is 6.61 Å². The summed E-state index contributed by atoms with van der Waals surface area (Å²) in [4.78, 5) is 30.7. The Labute approximate surface area is 155 Å². The van der Waals surface area contributed by atoms with Crippen LogP contribution in [0.15, 0.2) is 28.2 Å². The molecule has 1 fully saturated rings. The average Bonchev–Trinajstić information content (AvgIpc) is 2.96. The zero-order valence-corrected chi connectivity index (χ0v) is 15.8. The van der Waals surface area contributed by atoms with Crippen LogP contribution in [0, 0.1) is 5.92 Å². The third-order valence-corrected chi connectivity index (χ3v) is 5.06. The van der Waals surface area contributed by atoms with Gasteiger partial charge in [-0.25, -0.2) is 9.78 Å². The topological polar surface area (TPSA) is 64.4 Å². The van der Waals surface area contributed by atoms with Crippen molar-refractivity contribution in [1.29, 1.82) is 0 Å². The van der Waals surface area contributed by atoms with E-state index in [-0.39, 0.29) is 11.7 Å². The molecule has 134 valence electrons. The lowest BCUT2D eigenvalue weighted by Crippen LogP contribution is -2.28. The fraction of sp³-hybridized carbons (Fsp3) is 0.471. The first-order chi connectivity index (χ1) is 12.0. The van der Waals surface area contributed by atoms with Crippen molar-refractivity contribution < 1.29 is 9.53 Å². The Balaban J connectivity index is 1.88. The Bertz CT molecular complexity index is 853. The summed E-state index contributed by atoms with van der Waals surface area (Å²) in [6, 6.07) is 5.16. The summed E-state index contributed by atoms with van der Waals surface area (Å²) in [5.41, 5.74) is 0.557. The number of halogens is 1. The number of ether oxygens (including phenoxy) is 1. The third kappa shape index (κ3) is 4.10. The van der Waals surface area contributed by atoms with Gasteiger partial charge in [0.25, 0.3) is 5.56 Å². The highest BCUT2D eigenvalue weighted by atomic mass is 35.5. The summed E-state index contributed by atoms with van der Waals surface area (Å²) < 4.78 is 6.63. The molecule has 1 aromatic heterocycles. The fourth-order valence-electron chi connectivity index (χ4n) is 2.68. The van der Waals surface area contributed by atoms with E-state index in [2.05, 4.69) is 18.8 Å². The van der Waals surface area contributed by atoms with Crippen LogP contribution in [0.1, 0.15) is 13.8 Å². The molecule has 1 saturated heterocycles. The second kappa shape index (κ2) is 7.66. The van der Waals surface area contributed by atoms with E-state index in [0.717, 1.165) is 0 Å². The van der Waals surface area contributed by atoms with Crippen LogP contribution >= 0.6 is 23.4 Å². The highest BCUT2D eigenvalue weighted by Crippen LogP contribution is 2.21. The van der Waals surface area contributed by atoms with Crippen molar-refractivity contribution in [3.8, 4) is 0 Å². The molecule has 1 aliphatic rings. The van der Waals surface area contributed by atoms with Crippen LogP contribution in [0.25, 0.3) is 10.9 Å². The van der Waals surface area contributed by atoms with Gasteiger partial charge >= 0.3 is 6.09 Å². The number of cyclic esters (lactones) is 1. The number of nitrogens with zero attached hydrogens (tertiary/aromatic N) is 3. The molecule has 2 aromatic rings. The van der Waals surface area contributed by atoms with Crippen LogP contribution in [0.2, 0.25) is 5.02 Å². The maximum absolute atomic E-state index is 12.9. The molecule has 0 bridgehead atoms. The van der Waals surface area contributed by atoms with Crippen LogP contribution in [-0.4, -0.2) is 46.0 Å². The second-order valence-electron chi connectivity index (χ2n) is 6.32. The molecular weight excluding hydrogens is 362 g/mol. The van der Waals surface area contributed by atoms with Crippen LogP contribution < -0.4 is 5.56 Å². The minimum atomic E-state index is -0.277. The van der Waals surface area contributed by atoms with E-state index in [1.165, 1.54) is 11.8 Å². The van der Waals surface area contributed by atoms with Gasteiger partial charge in [-0.3, -0.25) is 9.36 Å². The molecule has 1 amide bonds. The molecule has 8 heteroatoms. The standard InChI is InChI=1S/C17H20ClN3O3S/c1-11(2)10-21-15(22)13-9-12(18)3-4-14(13)19-16(21)25-8-6-20-5-7-24-17(20)23/h3-4,9,11H,5-8,10H2,1-2H3. The van der Waals surface area contributed by atoms with E-state index in [9.17, 15) is 9.59 Å². The van der Waals surface area contributed by atoms with Crippen LogP contribution in [0.3, 0.4) is 0 Å². The van der Waals surface area contributed by atoms with Crippen LogP contribution in [0.5, 0.6) is 0 Å². The first-order valence-corrected chi connectivity index (χ1v) is 9.56. The molecule has 0 spiro atoms. The molecule has 2 heterocycles. The largest absolute Gasteiger partial charge is 0.448 e. The van der Waals surface area contributed by atoms with Crippen LogP contribution in [0.4, 0.5) is 4.79 Å². The van der Waals surface area contributed by atoms with Gasteiger partial charge in [-0.2, -0.15) is 0 Å². The monoisotopic (exact) mass is 381 g/mol. The molecule has 0 saturated carbocycles. The Kier molecular flexibility index (Phi) is 5.54. The number of amides is 1. The lowest BCUT2D eigenvalue weighted by Gasteiger charge is -2.16. The Hall–Kier alpha value is -1.73. The number of carbonyl (C=O) groups is 1. The summed E-state index contributed by atoms with van der Waals surface area (Å²) in [5.74, 6) is 0.961. The number of fused-ring (bicyclic) bond motifs is 1. The van der Waals surface area contributed by atoms with E-state index in [1.54, 1.807) is 27.7 Å². The van der Waals surface area contributed by atoms with Gasteiger partial charge in [-0.05, 0) is 24.1 Å². The SMILES string of the molecule is CC(C)Cn1c(SCCN2CCOC2=O)nc2ccc(Cl)cc2c1=O. The Morgan fingerprint density at radius 2 is 2.16 bits per heavy atom. The van der Waals surface area contributed by atoms with Crippen molar-refractivity contribution in [2.24, 2.45) is 5.92 Å². The van der Waals surface area contributed by atoms with Gasteiger partial charge in [-0.1, -0.05) is 37.2 Å². The first kappa shape index (κ1) is 18.1. The zero-order valence-electron chi connectivity index (χ0n) is 14.2. The van der Waals surface area contributed by atoms with Crippen molar-refractivity contribution in [3.05, 3.63) is 33.6 Å². The lowest BCUT2D eigenvalue weighted by molar-refractivity contribution is 0.160. The summed E-state index contributed by atoms with van der Waals surface area (Å²) >= 11 is 7.51.